The average molecular weight is 335 g/mol. The Morgan fingerprint density at radius 2 is 2.38 bits per heavy atom. The quantitative estimate of drug-likeness (QED) is 0.357. The molecule has 0 unspecified atom stereocenters. The number of aryl methyl sites for hydroxylation is 1. The number of nitrogens with zero attached hydrogens (tertiary/aromatic N) is 4. The van der Waals surface area contributed by atoms with Crippen LogP contribution < -0.4 is 16.7 Å². The number of hydrogen-bond acceptors (Lipinski definition) is 7. The Balaban J connectivity index is 2.12. The van der Waals surface area contributed by atoms with Gasteiger partial charge in [0.05, 0.1) is 12.9 Å². The van der Waals surface area contributed by atoms with E-state index in [1.165, 1.54) is 12.5 Å². The molecule has 0 aromatic carbocycles. The van der Waals surface area contributed by atoms with Gasteiger partial charge in [-0.2, -0.15) is 10.1 Å². The molecule has 1 amide bonds. The minimum absolute atomic E-state index is 0.135. The first-order chi connectivity index (χ1) is 11.6. The van der Waals surface area contributed by atoms with Crippen LogP contribution in [0.15, 0.2) is 16.2 Å². The van der Waals surface area contributed by atoms with E-state index >= 15 is 0 Å². The van der Waals surface area contributed by atoms with Crippen molar-refractivity contribution in [1.29, 1.82) is 0 Å². The van der Waals surface area contributed by atoms with Crippen molar-refractivity contribution in [3.05, 3.63) is 16.7 Å². The normalized spacial score (nSPS) is 11.2. The number of hydrazone groups is 1. The molecule has 24 heavy (non-hydrogen) atoms. The Labute approximate surface area is 138 Å². The third-order valence-electron chi connectivity index (χ3n) is 3.28. The first-order valence-corrected chi connectivity index (χ1v) is 7.77. The predicted octanol–water partition coefficient (Wildman–Crippen LogP) is 1.19. The van der Waals surface area contributed by atoms with Crippen molar-refractivity contribution in [2.24, 2.45) is 10.8 Å². The van der Waals surface area contributed by atoms with E-state index in [-0.39, 0.29) is 6.61 Å². The lowest BCUT2D eigenvalue weighted by Gasteiger charge is -2.12. The maximum atomic E-state index is 12.0. The van der Waals surface area contributed by atoms with E-state index in [9.17, 15) is 9.59 Å². The highest BCUT2D eigenvalue weighted by molar-refractivity contribution is 5.71. The number of primary amides is 1. The third-order valence-corrected chi connectivity index (χ3v) is 3.28. The van der Waals surface area contributed by atoms with Crippen LogP contribution >= 0.6 is 0 Å². The summed E-state index contributed by atoms with van der Waals surface area (Å²) < 4.78 is 6.40. The number of nitrogens with two attached hydrogens (primary N) is 1. The zero-order valence-corrected chi connectivity index (χ0v) is 13.5. The SMILES string of the molecule is CCCCCn1c(NN=CCCOC(N)=O)nc(=O)c2[nH]cnc21. The minimum atomic E-state index is -0.827. The zero-order chi connectivity index (χ0) is 17.4. The Morgan fingerprint density at radius 3 is 3.12 bits per heavy atom. The second kappa shape index (κ2) is 8.65. The van der Waals surface area contributed by atoms with Gasteiger partial charge in [0.25, 0.3) is 0 Å². The fourth-order valence-corrected chi connectivity index (χ4v) is 2.16. The number of nitrogens with one attached hydrogen (secondary N) is 2. The molecule has 10 heteroatoms. The summed E-state index contributed by atoms with van der Waals surface area (Å²) in [5.74, 6) is 0.322. The fraction of sp³-hybridized carbons (Fsp3) is 0.500. The summed E-state index contributed by atoms with van der Waals surface area (Å²) in [5.41, 5.74) is 8.12. The topological polar surface area (TPSA) is 140 Å². The molecule has 2 rings (SSSR count). The first-order valence-electron chi connectivity index (χ1n) is 7.77. The molecule has 0 aliphatic heterocycles. The number of unbranched alkanes of at least 4 members (excludes halogenated alkanes) is 2. The van der Waals surface area contributed by atoms with E-state index < -0.39 is 11.7 Å². The number of rotatable bonds is 9. The van der Waals surface area contributed by atoms with Crippen LogP contribution in [0.5, 0.6) is 0 Å². The van der Waals surface area contributed by atoms with E-state index in [1.54, 1.807) is 0 Å². The van der Waals surface area contributed by atoms with Gasteiger partial charge in [-0.05, 0) is 6.42 Å². The maximum absolute atomic E-state index is 12.0. The number of carbonyl (C=O) groups is 1. The number of H-pyrrole nitrogens is 1. The van der Waals surface area contributed by atoms with Gasteiger partial charge < -0.3 is 15.5 Å². The summed E-state index contributed by atoms with van der Waals surface area (Å²) in [6, 6.07) is 0. The standard InChI is InChI=1S/C14H21N7O3/c1-2-3-4-7-21-11-10(16-9-17-11)12(22)19-14(21)20-18-6-5-8-24-13(15)23/h6,9H,2-5,7-8H2,1H3,(H2,15,23)(H,16,17)(H,19,20,22). The summed E-state index contributed by atoms with van der Waals surface area (Å²) in [6.45, 7) is 2.92. The molecule has 0 aliphatic carbocycles. The largest absolute Gasteiger partial charge is 0.449 e. The van der Waals surface area contributed by atoms with Crippen LogP contribution in [0.25, 0.3) is 11.2 Å². The highest BCUT2D eigenvalue weighted by Crippen LogP contribution is 2.13. The number of ether oxygens (including phenoxy) is 1. The van der Waals surface area contributed by atoms with Crippen LogP contribution in [0.3, 0.4) is 0 Å². The lowest BCUT2D eigenvalue weighted by Crippen LogP contribution is -2.18. The highest BCUT2D eigenvalue weighted by atomic mass is 16.5. The molecule has 0 atom stereocenters. The van der Waals surface area contributed by atoms with Gasteiger partial charge in [0.2, 0.25) is 5.95 Å². The van der Waals surface area contributed by atoms with Crippen LogP contribution in [0, 0.1) is 0 Å². The zero-order valence-electron chi connectivity index (χ0n) is 13.5. The molecule has 10 nitrogen and oxygen atoms in total. The summed E-state index contributed by atoms with van der Waals surface area (Å²) in [4.78, 5) is 33.4. The molecule has 2 aromatic rings. The molecule has 0 fully saturated rings. The molecule has 0 aliphatic rings. The molecule has 2 aromatic heterocycles. The Morgan fingerprint density at radius 1 is 1.54 bits per heavy atom. The number of carbonyl (C=O) groups excluding carboxylic acids is 1. The van der Waals surface area contributed by atoms with Crippen molar-refractivity contribution in [3.8, 4) is 0 Å². The predicted molar refractivity (Wildman–Crippen MR) is 89.9 cm³/mol. The molecule has 0 bridgehead atoms. The number of anilines is 1. The van der Waals surface area contributed by atoms with Gasteiger partial charge in [-0.1, -0.05) is 19.8 Å². The lowest BCUT2D eigenvalue weighted by atomic mass is 10.2. The number of amides is 1. The van der Waals surface area contributed by atoms with Crippen molar-refractivity contribution in [2.45, 2.75) is 39.2 Å². The van der Waals surface area contributed by atoms with Gasteiger partial charge in [-0.3, -0.25) is 9.36 Å². The minimum Gasteiger partial charge on any atom is -0.449 e. The summed E-state index contributed by atoms with van der Waals surface area (Å²) in [6.07, 6.45) is 5.63. The number of aromatic nitrogens is 4. The highest BCUT2D eigenvalue weighted by Gasteiger charge is 2.12. The van der Waals surface area contributed by atoms with Crippen molar-refractivity contribution in [2.75, 3.05) is 12.0 Å². The van der Waals surface area contributed by atoms with Crippen molar-refractivity contribution >= 4 is 29.4 Å². The molecule has 4 N–H and O–H groups in total. The second-order valence-electron chi connectivity index (χ2n) is 5.08. The van der Waals surface area contributed by atoms with Gasteiger partial charge in [0.15, 0.2) is 11.2 Å². The third kappa shape index (κ3) is 4.54. The van der Waals surface area contributed by atoms with Crippen molar-refractivity contribution < 1.29 is 9.53 Å². The van der Waals surface area contributed by atoms with Crippen molar-refractivity contribution in [3.63, 3.8) is 0 Å². The Bertz CT molecular complexity index is 765. The molecular formula is C14H21N7O3. The van der Waals surface area contributed by atoms with Gasteiger partial charge in [0.1, 0.15) is 0 Å². The summed E-state index contributed by atoms with van der Waals surface area (Å²) >= 11 is 0. The van der Waals surface area contributed by atoms with Crippen LogP contribution in [-0.4, -0.2) is 38.4 Å². The van der Waals surface area contributed by atoms with Crippen molar-refractivity contribution in [1.82, 2.24) is 19.5 Å². The number of hydrogen-bond donors (Lipinski definition) is 3. The van der Waals surface area contributed by atoms with Crippen LogP contribution in [0.1, 0.15) is 32.6 Å². The van der Waals surface area contributed by atoms with E-state index in [4.69, 9.17) is 5.73 Å². The molecule has 0 radical (unpaired) electrons. The smallest absolute Gasteiger partial charge is 0.404 e. The van der Waals surface area contributed by atoms with E-state index in [0.717, 1.165) is 19.3 Å². The van der Waals surface area contributed by atoms with Crippen LogP contribution in [0.2, 0.25) is 0 Å². The monoisotopic (exact) mass is 335 g/mol. The Kier molecular flexibility index (Phi) is 6.29. The molecule has 0 spiro atoms. The fourth-order valence-electron chi connectivity index (χ4n) is 2.16. The molecule has 0 saturated carbocycles. The van der Waals surface area contributed by atoms with Gasteiger partial charge in [-0.15, -0.1) is 0 Å². The maximum Gasteiger partial charge on any atom is 0.404 e. The van der Waals surface area contributed by atoms with Gasteiger partial charge in [-0.25, -0.2) is 15.2 Å². The van der Waals surface area contributed by atoms with Crippen LogP contribution in [-0.2, 0) is 11.3 Å². The Hall–Kier alpha value is -2.91. The number of fused-ring (bicyclic) bond motifs is 1. The lowest BCUT2D eigenvalue weighted by molar-refractivity contribution is 0.160. The van der Waals surface area contributed by atoms with Crippen LogP contribution in [0.4, 0.5) is 10.7 Å². The van der Waals surface area contributed by atoms with E-state index in [2.05, 4.69) is 37.1 Å². The van der Waals surface area contributed by atoms with E-state index in [1.807, 2.05) is 4.57 Å². The van der Waals surface area contributed by atoms with Gasteiger partial charge in [0, 0.05) is 19.2 Å². The molecular weight excluding hydrogens is 314 g/mol. The number of aromatic amines is 1. The van der Waals surface area contributed by atoms with E-state index in [0.29, 0.717) is 30.1 Å². The molecule has 130 valence electrons. The summed E-state index contributed by atoms with van der Waals surface area (Å²) in [7, 11) is 0. The second-order valence-corrected chi connectivity index (χ2v) is 5.08. The average Bonchev–Trinajstić information content (AvgIpc) is 3.03. The molecule has 2 heterocycles. The summed E-state index contributed by atoms with van der Waals surface area (Å²) in [5, 5.41) is 3.99. The first kappa shape index (κ1) is 17.4. The molecule has 0 saturated heterocycles. The van der Waals surface area contributed by atoms with Gasteiger partial charge >= 0.3 is 11.7 Å². The number of imidazole rings is 1.